The van der Waals surface area contributed by atoms with Crippen molar-refractivity contribution in [2.45, 2.75) is 26.3 Å². The average molecular weight is 545 g/mol. The predicted octanol–water partition coefficient (Wildman–Crippen LogP) is 4.67. The van der Waals surface area contributed by atoms with Crippen LogP contribution in [0, 0.1) is 5.92 Å². The zero-order chi connectivity index (χ0) is 20.5. The van der Waals surface area contributed by atoms with Crippen LogP contribution in [0.2, 0.25) is 0 Å². The third-order valence-corrected chi connectivity index (χ3v) is 6.03. The van der Waals surface area contributed by atoms with Crippen LogP contribution in [-0.2, 0) is 6.54 Å². The van der Waals surface area contributed by atoms with E-state index in [9.17, 15) is 0 Å². The average Bonchev–Trinajstić information content (AvgIpc) is 3.26. The summed E-state index contributed by atoms with van der Waals surface area (Å²) < 4.78 is 10.7. The maximum atomic E-state index is 5.39. The second-order valence-corrected chi connectivity index (χ2v) is 8.25. The van der Waals surface area contributed by atoms with E-state index in [1.165, 1.54) is 17.7 Å². The maximum Gasteiger partial charge on any atom is 0.195 e. The molecular formula is C22H33IN4O2S. The van der Waals surface area contributed by atoms with Crippen molar-refractivity contribution in [2.75, 3.05) is 45.7 Å². The summed E-state index contributed by atoms with van der Waals surface area (Å²) in [5.41, 5.74) is 0.924. The summed E-state index contributed by atoms with van der Waals surface area (Å²) in [6.07, 6.45) is 2.40. The summed E-state index contributed by atoms with van der Waals surface area (Å²) >= 11 is 1.85. The van der Waals surface area contributed by atoms with Crippen molar-refractivity contribution in [1.82, 2.24) is 10.2 Å². The van der Waals surface area contributed by atoms with Gasteiger partial charge in [-0.25, -0.2) is 0 Å². The predicted molar refractivity (Wildman–Crippen MR) is 137 cm³/mol. The molecule has 1 aliphatic heterocycles. The number of aliphatic imine (C=N–C) groups is 1. The van der Waals surface area contributed by atoms with E-state index in [1.807, 2.05) is 29.5 Å². The third kappa shape index (κ3) is 7.31. The number of methoxy groups -OCH3 is 2. The molecule has 1 aliphatic rings. The molecule has 8 heteroatoms. The van der Waals surface area contributed by atoms with E-state index in [0.717, 1.165) is 44.4 Å². The van der Waals surface area contributed by atoms with Crippen molar-refractivity contribution in [3.63, 3.8) is 0 Å². The Morgan fingerprint density at radius 1 is 1.17 bits per heavy atom. The van der Waals surface area contributed by atoms with Gasteiger partial charge in [0.05, 0.1) is 14.2 Å². The molecule has 3 rings (SSSR count). The molecule has 2 aromatic rings. The van der Waals surface area contributed by atoms with E-state index in [0.29, 0.717) is 17.4 Å². The molecule has 6 nitrogen and oxygen atoms in total. The van der Waals surface area contributed by atoms with Crippen LogP contribution < -0.4 is 20.1 Å². The van der Waals surface area contributed by atoms with Crippen LogP contribution in [0.15, 0.2) is 40.7 Å². The number of hydrogen-bond acceptors (Lipinski definition) is 5. The van der Waals surface area contributed by atoms with E-state index in [1.54, 1.807) is 14.2 Å². The minimum atomic E-state index is 0. The highest BCUT2D eigenvalue weighted by atomic mass is 127. The molecule has 1 aromatic carbocycles. The Morgan fingerprint density at radius 2 is 1.93 bits per heavy atom. The molecule has 0 bridgehead atoms. The van der Waals surface area contributed by atoms with Gasteiger partial charge in [-0.1, -0.05) is 6.07 Å². The number of nitrogens with zero attached hydrogens (tertiary/aromatic N) is 2. The lowest BCUT2D eigenvalue weighted by atomic mass is 9.97. The number of ether oxygens (including phenoxy) is 2. The van der Waals surface area contributed by atoms with Gasteiger partial charge in [-0.05, 0) is 62.4 Å². The summed E-state index contributed by atoms with van der Waals surface area (Å²) in [4.78, 5) is 8.85. The number of guanidine groups is 1. The van der Waals surface area contributed by atoms with Crippen molar-refractivity contribution >= 4 is 47.0 Å². The number of halogens is 1. The summed E-state index contributed by atoms with van der Waals surface area (Å²) in [5, 5.41) is 8.87. The topological polar surface area (TPSA) is 58.1 Å². The molecule has 0 aliphatic carbocycles. The van der Waals surface area contributed by atoms with Gasteiger partial charge < -0.3 is 20.1 Å². The van der Waals surface area contributed by atoms with Crippen molar-refractivity contribution in [3.8, 4) is 11.5 Å². The fourth-order valence-electron chi connectivity index (χ4n) is 3.53. The first-order valence-corrected chi connectivity index (χ1v) is 11.1. The van der Waals surface area contributed by atoms with Crippen LogP contribution in [0.1, 0.15) is 24.6 Å². The van der Waals surface area contributed by atoms with Gasteiger partial charge >= 0.3 is 0 Å². The minimum Gasteiger partial charge on any atom is -0.493 e. The Labute approximate surface area is 201 Å². The first-order chi connectivity index (χ1) is 14.2. The fourth-order valence-corrected chi connectivity index (χ4v) is 4.27. The van der Waals surface area contributed by atoms with Crippen molar-refractivity contribution in [1.29, 1.82) is 0 Å². The molecule has 0 unspecified atom stereocenters. The van der Waals surface area contributed by atoms with Crippen molar-refractivity contribution in [3.05, 3.63) is 40.6 Å². The fraction of sp³-hybridized carbons (Fsp3) is 0.500. The van der Waals surface area contributed by atoms with Crippen LogP contribution in [0.3, 0.4) is 0 Å². The largest absolute Gasteiger partial charge is 0.493 e. The van der Waals surface area contributed by atoms with E-state index in [2.05, 4.69) is 40.0 Å². The highest BCUT2D eigenvalue weighted by Crippen LogP contribution is 2.29. The molecule has 0 atom stereocenters. The van der Waals surface area contributed by atoms with E-state index in [4.69, 9.17) is 14.5 Å². The highest BCUT2D eigenvalue weighted by Gasteiger charge is 2.19. The third-order valence-electron chi connectivity index (χ3n) is 5.16. The zero-order valence-corrected chi connectivity index (χ0v) is 21.2. The first-order valence-electron chi connectivity index (χ1n) is 10.2. The molecule has 2 heterocycles. The Bertz CT molecular complexity index is 777. The lowest BCUT2D eigenvalue weighted by Crippen LogP contribution is -2.35. The van der Waals surface area contributed by atoms with Gasteiger partial charge in [0.15, 0.2) is 17.5 Å². The van der Waals surface area contributed by atoms with E-state index < -0.39 is 0 Å². The van der Waals surface area contributed by atoms with Crippen LogP contribution >= 0.6 is 35.3 Å². The number of benzene rings is 1. The van der Waals surface area contributed by atoms with Gasteiger partial charge in [0.2, 0.25) is 0 Å². The smallest absolute Gasteiger partial charge is 0.195 e. The highest BCUT2D eigenvalue weighted by molar-refractivity contribution is 14.0. The second-order valence-electron chi connectivity index (χ2n) is 7.21. The molecule has 1 saturated heterocycles. The summed E-state index contributed by atoms with van der Waals surface area (Å²) in [5.74, 6) is 2.86. The van der Waals surface area contributed by atoms with Gasteiger partial charge in [0, 0.05) is 36.3 Å². The number of piperidine rings is 1. The number of rotatable bonds is 8. The minimum absolute atomic E-state index is 0. The lowest BCUT2D eigenvalue weighted by molar-refractivity contribution is 0.182. The number of anilines is 1. The van der Waals surface area contributed by atoms with Gasteiger partial charge in [-0.15, -0.1) is 35.3 Å². The molecular weight excluding hydrogens is 511 g/mol. The molecule has 0 spiro atoms. The number of thiophene rings is 1. The molecule has 0 saturated carbocycles. The Hall–Kier alpha value is -1.52. The Kier molecular flexibility index (Phi) is 10.7. The first kappa shape index (κ1) is 24.7. The normalized spacial score (nSPS) is 15.4. The Balaban J connectivity index is 0.00000320. The van der Waals surface area contributed by atoms with Gasteiger partial charge in [0.1, 0.15) is 0 Å². The lowest BCUT2D eigenvalue weighted by Gasteiger charge is -2.31. The zero-order valence-electron chi connectivity index (χ0n) is 18.0. The van der Waals surface area contributed by atoms with Crippen molar-refractivity contribution < 1.29 is 9.47 Å². The number of nitrogens with one attached hydrogen (secondary N) is 2. The Morgan fingerprint density at radius 3 is 2.57 bits per heavy atom. The monoisotopic (exact) mass is 544 g/mol. The van der Waals surface area contributed by atoms with E-state index >= 15 is 0 Å². The molecule has 2 N–H and O–H groups in total. The molecule has 0 amide bonds. The molecule has 1 aromatic heterocycles. The maximum absolute atomic E-state index is 5.39. The molecule has 166 valence electrons. The SMILES string of the molecule is CCNC(=NCC1CCN(Cc2cccs2)CC1)Nc1ccc(OC)c(OC)c1.I. The van der Waals surface area contributed by atoms with Crippen LogP contribution in [-0.4, -0.2) is 51.3 Å². The van der Waals surface area contributed by atoms with Gasteiger partial charge in [-0.3, -0.25) is 9.89 Å². The van der Waals surface area contributed by atoms with E-state index in [-0.39, 0.29) is 24.0 Å². The standard InChI is InChI=1S/C22H32N4O2S.HI/c1-4-23-22(25-18-7-8-20(27-2)21(14-18)28-3)24-15-17-9-11-26(12-10-17)16-19-6-5-13-29-19;/h5-8,13-14,17H,4,9-12,15-16H2,1-3H3,(H2,23,24,25);1H. The van der Waals surface area contributed by atoms with Gasteiger partial charge in [-0.2, -0.15) is 0 Å². The molecule has 30 heavy (non-hydrogen) atoms. The quantitative estimate of drug-likeness (QED) is 0.288. The number of hydrogen-bond donors (Lipinski definition) is 2. The summed E-state index contributed by atoms with van der Waals surface area (Å²) in [7, 11) is 3.29. The van der Waals surface area contributed by atoms with Gasteiger partial charge in [0.25, 0.3) is 0 Å². The van der Waals surface area contributed by atoms with Crippen LogP contribution in [0.4, 0.5) is 5.69 Å². The van der Waals surface area contributed by atoms with Crippen LogP contribution in [0.25, 0.3) is 0 Å². The second kappa shape index (κ2) is 13.0. The molecule has 1 fully saturated rings. The summed E-state index contributed by atoms with van der Waals surface area (Å²) in [6.45, 7) is 7.12. The molecule has 0 radical (unpaired) electrons. The van der Waals surface area contributed by atoms with Crippen LogP contribution in [0.5, 0.6) is 11.5 Å². The summed E-state index contributed by atoms with van der Waals surface area (Å²) in [6, 6.07) is 10.2. The number of likely N-dealkylation sites (tertiary alicyclic amines) is 1. The van der Waals surface area contributed by atoms with Crippen molar-refractivity contribution in [2.24, 2.45) is 10.9 Å².